The molecule has 5 heteroatoms. The molecule has 0 aromatic heterocycles. The van der Waals surface area contributed by atoms with Crippen molar-refractivity contribution in [3.63, 3.8) is 0 Å². The molecule has 0 spiro atoms. The van der Waals surface area contributed by atoms with Crippen LogP contribution in [0.3, 0.4) is 0 Å². The van der Waals surface area contributed by atoms with Gasteiger partial charge in [-0.25, -0.2) is 0 Å². The van der Waals surface area contributed by atoms with Gasteiger partial charge in [0.25, 0.3) is 0 Å². The first-order valence-corrected chi connectivity index (χ1v) is 4.23. The van der Waals surface area contributed by atoms with E-state index in [1.54, 1.807) is 0 Å². The van der Waals surface area contributed by atoms with Gasteiger partial charge in [-0.15, -0.1) is 11.6 Å². The highest BCUT2D eigenvalue weighted by molar-refractivity contribution is 6.27. The van der Waals surface area contributed by atoms with Crippen LogP contribution in [0.2, 0.25) is 0 Å². The smallest absolute Gasteiger partial charge is 0.234 e. The van der Waals surface area contributed by atoms with Crippen molar-refractivity contribution in [2.24, 2.45) is 0 Å². The number of rotatable bonds is 6. The largest absolute Gasteiger partial charge is 0.391 e. The first-order valence-electron chi connectivity index (χ1n) is 3.70. The second-order valence-corrected chi connectivity index (χ2v) is 2.65. The molecule has 0 fully saturated rings. The van der Waals surface area contributed by atoms with E-state index in [2.05, 4.69) is 5.32 Å². The van der Waals surface area contributed by atoms with Gasteiger partial charge in [0.15, 0.2) is 0 Å². The van der Waals surface area contributed by atoms with E-state index in [4.69, 9.17) is 21.4 Å². The van der Waals surface area contributed by atoms with E-state index in [1.165, 1.54) is 7.11 Å². The van der Waals surface area contributed by atoms with Crippen molar-refractivity contribution in [2.75, 3.05) is 26.1 Å². The van der Waals surface area contributed by atoms with Crippen LogP contribution < -0.4 is 5.32 Å². The van der Waals surface area contributed by atoms with Crippen molar-refractivity contribution in [1.82, 2.24) is 5.32 Å². The van der Waals surface area contributed by atoms with E-state index in [1.807, 2.05) is 0 Å². The predicted octanol–water partition coefficient (Wildman–Crippen LogP) is -0.261. The lowest BCUT2D eigenvalue weighted by Crippen LogP contribution is -2.29. The molecule has 72 valence electrons. The van der Waals surface area contributed by atoms with Gasteiger partial charge in [0, 0.05) is 13.7 Å². The number of carbonyl (C=O) groups excluding carboxylic acids is 1. The molecule has 0 saturated heterocycles. The number of carbonyl (C=O) groups is 1. The number of alkyl halides is 1. The molecule has 2 N–H and O–H groups in total. The van der Waals surface area contributed by atoms with E-state index >= 15 is 0 Å². The molecule has 0 aliphatic rings. The zero-order valence-corrected chi connectivity index (χ0v) is 7.80. The molecule has 0 saturated carbocycles. The molecule has 0 rings (SSSR count). The number of halogens is 1. The number of hydrogen-bond donors (Lipinski definition) is 2. The highest BCUT2D eigenvalue weighted by Crippen LogP contribution is 1.89. The Hall–Kier alpha value is -0.320. The highest BCUT2D eigenvalue weighted by Gasteiger charge is 2.03. The average Bonchev–Trinajstić information content (AvgIpc) is 2.04. The van der Waals surface area contributed by atoms with E-state index in [9.17, 15) is 4.79 Å². The molecule has 0 aromatic rings. The Balaban J connectivity index is 3.24. The number of nitrogens with one attached hydrogen (secondary N) is 1. The first kappa shape index (κ1) is 11.7. The summed E-state index contributed by atoms with van der Waals surface area (Å²) in [4.78, 5) is 10.6. The lowest BCUT2D eigenvalue weighted by atomic mass is 10.3. The topological polar surface area (TPSA) is 58.6 Å². The molecular weight excluding hydrogens is 182 g/mol. The van der Waals surface area contributed by atoms with Crippen LogP contribution in [-0.2, 0) is 9.53 Å². The summed E-state index contributed by atoms with van der Waals surface area (Å²) < 4.78 is 4.70. The number of methoxy groups -OCH3 is 1. The Morgan fingerprint density at radius 3 is 2.92 bits per heavy atom. The monoisotopic (exact) mass is 195 g/mol. The molecular formula is C7H14ClNO3. The third-order valence-corrected chi connectivity index (χ3v) is 1.52. The van der Waals surface area contributed by atoms with Crippen LogP contribution in [0.25, 0.3) is 0 Å². The van der Waals surface area contributed by atoms with Gasteiger partial charge in [0.1, 0.15) is 5.88 Å². The van der Waals surface area contributed by atoms with Gasteiger partial charge in [-0.2, -0.15) is 0 Å². The Morgan fingerprint density at radius 2 is 2.42 bits per heavy atom. The maximum Gasteiger partial charge on any atom is 0.234 e. The van der Waals surface area contributed by atoms with Crippen LogP contribution in [0.15, 0.2) is 0 Å². The van der Waals surface area contributed by atoms with Gasteiger partial charge in [0.05, 0.1) is 12.7 Å². The van der Waals surface area contributed by atoms with Gasteiger partial charge in [0.2, 0.25) is 5.91 Å². The summed E-state index contributed by atoms with van der Waals surface area (Å²) in [6, 6.07) is 0. The predicted molar refractivity (Wildman–Crippen MR) is 46.2 cm³/mol. The van der Waals surface area contributed by atoms with Crippen molar-refractivity contribution in [2.45, 2.75) is 12.5 Å². The summed E-state index contributed by atoms with van der Waals surface area (Å²) in [6.07, 6.45) is -0.0400. The van der Waals surface area contributed by atoms with Gasteiger partial charge in [-0.1, -0.05) is 0 Å². The number of aliphatic hydroxyl groups excluding tert-OH is 1. The molecule has 1 unspecified atom stereocenters. The average molecular weight is 196 g/mol. The molecule has 12 heavy (non-hydrogen) atoms. The maximum atomic E-state index is 10.6. The lowest BCUT2D eigenvalue weighted by molar-refractivity contribution is -0.118. The van der Waals surface area contributed by atoms with Gasteiger partial charge >= 0.3 is 0 Å². The second kappa shape index (κ2) is 7.34. The molecule has 1 amide bonds. The number of amides is 1. The zero-order chi connectivity index (χ0) is 9.40. The van der Waals surface area contributed by atoms with Gasteiger partial charge < -0.3 is 15.2 Å². The van der Waals surface area contributed by atoms with Gasteiger partial charge in [-0.3, -0.25) is 4.79 Å². The van der Waals surface area contributed by atoms with Crippen molar-refractivity contribution in [3.05, 3.63) is 0 Å². The van der Waals surface area contributed by atoms with Crippen molar-refractivity contribution in [3.8, 4) is 0 Å². The first-order chi connectivity index (χ1) is 5.70. The fraction of sp³-hybridized carbons (Fsp3) is 0.857. The van der Waals surface area contributed by atoms with Crippen molar-refractivity contribution >= 4 is 17.5 Å². The molecule has 0 radical (unpaired) electrons. The molecule has 4 nitrogen and oxygen atoms in total. The summed E-state index contributed by atoms with van der Waals surface area (Å²) in [5.74, 6) is -0.262. The summed E-state index contributed by atoms with van der Waals surface area (Å²) in [5.41, 5.74) is 0. The minimum atomic E-state index is -0.523. The van der Waals surface area contributed by atoms with E-state index in [0.29, 0.717) is 13.0 Å². The molecule has 0 aliphatic heterocycles. The van der Waals surface area contributed by atoms with Crippen molar-refractivity contribution in [1.29, 1.82) is 0 Å². The van der Waals surface area contributed by atoms with Gasteiger partial charge in [-0.05, 0) is 6.42 Å². The summed E-state index contributed by atoms with van der Waals surface area (Å²) in [7, 11) is 1.51. The summed E-state index contributed by atoms with van der Waals surface area (Å²) >= 11 is 5.23. The third kappa shape index (κ3) is 6.39. The zero-order valence-electron chi connectivity index (χ0n) is 7.05. The summed E-state index contributed by atoms with van der Waals surface area (Å²) in [5, 5.41) is 11.7. The minimum Gasteiger partial charge on any atom is -0.391 e. The van der Waals surface area contributed by atoms with Crippen LogP contribution in [0.5, 0.6) is 0 Å². The summed E-state index contributed by atoms with van der Waals surface area (Å²) in [6.45, 7) is 0.715. The molecule has 0 aromatic carbocycles. The standard InChI is InChI=1S/C7H14ClNO3/c1-12-5-6(10)2-3-9-7(11)4-8/h6,10H,2-5H2,1H3,(H,9,11). The SMILES string of the molecule is COCC(O)CCNC(=O)CCl. The number of hydrogen-bond acceptors (Lipinski definition) is 3. The Labute approximate surface area is 76.9 Å². The van der Waals surface area contributed by atoms with E-state index in [-0.39, 0.29) is 18.4 Å². The number of ether oxygens (including phenoxy) is 1. The lowest BCUT2D eigenvalue weighted by Gasteiger charge is -2.08. The van der Waals surface area contributed by atoms with Crippen LogP contribution >= 0.6 is 11.6 Å². The Kier molecular flexibility index (Phi) is 7.14. The fourth-order valence-corrected chi connectivity index (χ4v) is 0.796. The fourth-order valence-electron chi connectivity index (χ4n) is 0.701. The molecule has 0 heterocycles. The molecule has 1 atom stereocenters. The van der Waals surface area contributed by atoms with Crippen LogP contribution in [0.1, 0.15) is 6.42 Å². The van der Waals surface area contributed by atoms with Crippen LogP contribution in [-0.4, -0.2) is 43.3 Å². The van der Waals surface area contributed by atoms with Crippen molar-refractivity contribution < 1.29 is 14.6 Å². The third-order valence-electron chi connectivity index (χ3n) is 1.28. The number of aliphatic hydroxyl groups is 1. The minimum absolute atomic E-state index is 0.0413. The molecule has 0 aliphatic carbocycles. The van der Waals surface area contributed by atoms with Crippen LogP contribution in [0.4, 0.5) is 0 Å². The second-order valence-electron chi connectivity index (χ2n) is 2.38. The highest BCUT2D eigenvalue weighted by atomic mass is 35.5. The quantitative estimate of drug-likeness (QED) is 0.575. The van der Waals surface area contributed by atoms with E-state index < -0.39 is 6.10 Å². The Morgan fingerprint density at radius 1 is 1.75 bits per heavy atom. The normalized spacial score (nSPS) is 12.6. The maximum absolute atomic E-state index is 10.6. The molecule has 0 bridgehead atoms. The van der Waals surface area contributed by atoms with E-state index in [0.717, 1.165) is 0 Å². The Bertz CT molecular complexity index is 132. The van der Waals surface area contributed by atoms with Crippen LogP contribution in [0, 0.1) is 0 Å².